The first-order valence-electron chi connectivity index (χ1n) is 6.54. The molecule has 0 spiro atoms. The minimum Gasteiger partial charge on any atom is -0.381 e. The van der Waals surface area contributed by atoms with Crippen molar-refractivity contribution in [1.29, 1.82) is 0 Å². The van der Waals surface area contributed by atoms with Crippen molar-refractivity contribution in [2.24, 2.45) is 0 Å². The highest BCUT2D eigenvalue weighted by Crippen LogP contribution is 2.13. The van der Waals surface area contributed by atoms with Gasteiger partial charge in [-0.05, 0) is 25.0 Å². The van der Waals surface area contributed by atoms with Gasteiger partial charge in [-0.3, -0.25) is 4.57 Å². The lowest BCUT2D eigenvalue weighted by molar-refractivity contribution is 0.622. The fourth-order valence-electron chi connectivity index (χ4n) is 1.98. The molecule has 4 nitrogen and oxygen atoms in total. The minimum absolute atomic E-state index is 0.538. The SMILES string of the molecule is CCCC(CC)Nc1ccc(-n2ccnc2)nc1. The zero-order chi connectivity index (χ0) is 12.8. The summed E-state index contributed by atoms with van der Waals surface area (Å²) in [6, 6.07) is 4.61. The van der Waals surface area contributed by atoms with Gasteiger partial charge in [0.15, 0.2) is 0 Å². The van der Waals surface area contributed by atoms with Crippen LogP contribution in [0.1, 0.15) is 33.1 Å². The Kier molecular flexibility index (Phi) is 4.34. The number of nitrogens with one attached hydrogen (secondary N) is 1. The van der Waals surface area contributed by atoms with E-state index in [0.29, 0.717) is 6.04 Å². The topological polar surface area (TPSA) is 42.7 Å². The second-order valence-electron chi connectivity index (χ2n) is 4.41. The smallest absolute Gasteiger partial charge is 0.137 e. The van der Waals surface area contributed by atoms with Gasteiger partial charge in [0, 0.05) is 18.4 Å². The highest BCUT2D eigenvalue weighted by atomic mass is 15.1. The number of pyridine rings is 1. The van der Waals surface area contributed by atoms with Crippen molar-refractivity contribution < 1.29 is 0 Å². The van der Waals surface area contributed by atoms with Gasteiger partial charge in [-0.15, -0.1) is 0 Å². The van der Waals surface area contributed by atoms with Gasteiger partial charge in [0.1, 0.15) is 12.1 Å². The van der Waals surface area contributed by atoms with Crippen LogP contribution in [0.2, 0.25) is 0 Å². The van der Waals surface area contributed by atoms with E-state index < -0.39 is 0 Å². The van der Waals surface area contributed by atoms with Crippen LogP contribution in [0.15, 0.2) is 37.1 Å². The minimum atomic E-state index is 0.538. The van der Waals surface area contributed by atoms with Crippen LogP contribution in [0.4, 0.5) is 5.69 Å². The van der Waals surface area contributed by atoms with Crippen LogP contribution in [-0.4, -0.2) is 20.6 Å². The third kappa shape index (κ3) is 3.09. The van der Waals surface area contributed by atoms with Crippen LogP contribution in [0.25, 0.3) is 5.82 Å². The van der Waals surface area contributed by atoms with Crippen LogP contribution in [-0.2, 0) is 0 Å². The third-order valence-electron chi connectivity index (χ3n) is 3.02. The standard InChI is InChI=1S/C14H20N4/c1-3-5-12(4-2)17-13-6-7-14(16-10-13)18-9-8-15-11-18/h6-12,17H,3-5H2,1-2H3. The Morgan fingerprint density at radius 2 is 2.22 bits per heavy atom. The molecule has 18 heavy (non-hydrogen) atoms. The van der Waals surface area contributed by atoms with Gasteiger partial charge in [0.25, 0.3) is 0 Å². The van der Waals surface area contributed by atoms with Crippen LogP contribution in [0.3, 0.4) is 0 Å². The van der Waals surface area contributed by atoms with Gasteiger partial charge in [-0.25, -0.2) is 9.97 Å². The highest BCUT2D eigenvalue weighted by Gasteiger charge is 2.05. The molecule has 0 radical (unpaired) electrons. The molecule has 0 aliphatic rings. The van der Waals surface area contributed by atoms with Gasteiger partial charge in [0.2, 0.25) is 0 Å². The van der Waals surface area contributed by atoms with E-state index in [2.05, 4.69) is 35.2 Å². The Morgan fingerprint density at radius 3 is 2.78 bits per heavy atom. The summed E-state index contributed by atoms with van der Waals surface area (Å²) in [6.07, 6.45) is 10.8. The summed E-state index contributed by atoms with van der Waals surface area (Å²) in [5.74, 6) is 0.890. The molecule has 4 heteroatoms. The van der Waals surface area contributed by atoms with Crippen molar-refractivity contribution in [3.05, 3.63) is 37.1 Å². The van der Waals surface area contributed by atoms with Gasteiger partial charge in [-0.2, -0.15) is 0 Å². The van der Waals surface area contributed by atoms with Crippen LogP contribution in [0.5, 0.6) is 0 Å². The molecule has 2 rings (SSSR count). The number of nitrogens with zero attached hydrogens (tertiary/aromatic N) is 3. The molecule has 0 aliphatic carbocycles. The molecule has 1 atom stereocenters. The lowest BCUT2D eigenvalue weighted by Gasteiger charge is -2.17. The first kappa shape index (κ1) is 12.6. The molecule has 1 unspecified atom stereocenters. The molecule has 0 aromatic carbocycles. The second kappa shape index (κ2) is 6.19. The van der Waals surface area contributed by atoms with Gasteiger partial charge in [0.05, 0.1) is 11.9 Å². The number of aromatic nitrogens is 3. The molecule has 0 aliphatic heterocycles. The van der Waals surface area contributed by atoms with Crippen molar-refractivity contribution in [3.63, 3.8) is 0 Å². The number of imidazole rings is 1. The molecule has 0 saturated carbocycles. The molecular weight excluding hydrogens is 224 g/mol. The first-order valence-corrected chi connectivity index (χ1v) is 6.54. The Hall–Kier alpha value is -1.84. The van der Waals surface area contributed by atoms with Crippen molar-refractivity contribution in [1.82, 2.24) is 14.5 Å². The number of anilines is 1. The second-order valence-corrected chi connectivity index (χ2v) is 4.41. The summed E-state index contributed by atoms with van der Waals surface area (Å²) < 4.78 is 1.90. The molecule has 0 fully saturated rings. The Bertz CT molecular complexity index is 447. The lowest BCUT2D eigenvalue weighted by Crippen LogP contribution is -2.18. The molecule has 0 bridgehead atoms. The summed E-state index contributed by atoms with van der Waals surface area (Å²) >= 11 is 0. The van der Waals surface area contributed by atoms with Crippen molar-refractivity contribution in [2.75, 3.05) is 5.32 Å². The molecule has 0 saturated heterocycles. The average molecular weight is 244 g/mol. The van der Waals surface area contributed by atoms with Crippen LogP contribution < -0.4 is 5.32 Å². The maximum absolute atomic E-state index is 4.43. The van der Waals surface area contributed by atoms with Crippen LogP contribution >= 0.6 is 0 Å². The van der Waals surface area contributed by atoms with Crippen LogP contribution in [0, 0.1) is 0 Å². The zero-order valence-corrected chi connectivity index (χ0v) is 11.0. The normalized spacial score (nSPS) is 12.3. The molecule has 2 aromatic rings. The van der Waals surface area contributed by atoms with E-state index in [1.165, 1.54) is 12.8 Å². The van der Waals surface area contributed by atoms with E-state index in [9.17, 15) is 0 Å². The quantitative estimate of drug-likeness (QED) is 0.848. The largest absolute Gasteiger partial charge is 0.381 e. The molecule has 0 amide bonds. The molecule has 2 aromatic heterocycles. The fraction of sp³-hybridized carbons (Fsp3) is 0.429. The van der Waals surface area contributed by atoms with Crippen molar-refractivity contribution >= 4 is 5.69 Å². The summed E-state index contributed by atoms with van der Waals surface area (Å²) in [4.78, 5) is 8.44. The van der Waals surface area contributed by atoms with E-state index in [4.69, 9.17) is 0 Å². The summed E-state index contributed by atoms with van der Waals surface area (Å²) in [5.41, 5.74) is 1.08. The maximum atomic E-state index is 4.43. The highest BCUT2D eigenvalue weighted by molar-refractivity contribution is 5.44. The molecule has 2 heterocycles. The third-order valence-corrected chi connectivity index (χ3v) is 3.02. The fourth-order valence-corrected chi connectivity index (χ4v) is 1.98. The average Bonchev–Trinajstić information content (AvgIpc) is 2.93. The van der Waals surface area contributed by atoms with E-state index in [0.717, 1.165) is 17.9 Å². The number of hydrogen-bond donors (Lipinski definition) is 1. The van der Waals surface area contributed by atoms with Crippen molar-refractivity contribution in [2.45, 2.75) is 39.2 Å². The van der Waals surface area contributed by atoms with Gasteiger partial charge in [-0.1, -0.05) is 20.3 Å². The predicted octanol–water partition coefficient (Wildman–Crippen LogP) is 3.26. The summed E-state index contributed by atoms with van der Waals surface area (Å²) in [7, 11) is 0. The van der Waals surface area contributed by atoms with E-state index in [-0.39, 0.29) is 0 Å². The lowest BCUT2D eigenvalue weighted by atomic mass is 10.1. The van der Waals surface area contributed by atoms with E-state index >= 15 is 0 Å². The predicted molar refractivity (Wildman–Crippen MR) is 74.0 cm³/mol. The molecule has 96 valence electrons. The van der Waals surface area contributed by atoms with Crippen molar-refractivity contribution in [3.8, 4) is 5.82 Å². The Labute approximate surface area is 108 Å². The Balaban J connectivity index is 2.03. The molecular formula is C14H20N4. The monoisotopic (exact) mass is 244 g/mol. The van der Waals surface area contributed by atoms with Gasteiger partial charge < -0.3 is 5.32 Å². The number of hydrogen-bond acceptors (Lipinski definition) is 3. The molecule has 1 N–H and O–H groups in total. The first-order chi connectivity index (χ1) is 8.83. The number of rotatable bonds is 6. The van der Waals surface area contributed by atoms with Gasteiger partial charge >= 0.3 is 0 Å². The maximum Gasteiger partial charge on any atom is 0.137 e. The Morgan fingerprint density at radius 1 is 1.33 bits per heavy atom. The summed E-state index contributed by atoms with van der Waals surface area (Å²) in [5, 5.41) is 3.51. The zero-order valence-electron chi connectivity index (χ0n) is 11.0. The van der Waals surface area contributed by atoms with E-state index in [1.54, 1.807) is 12.5 Å². The summed E-state index contributed by atoms with van der Waals surface area (Å²) in [6.45, 7) is 4.42. The van der Waals surface area contributed by atoms with E-state index in [1.807, 2.05) is 23.0 Å².